The Balaban J connectivity index is 1.11. The number of para-hydroxylation sites is 1. The van der Waals surface area contributed by atoms with E-state index in [0.29, 0.717) is 18.0 Å². The summed E-state index contributed by atoms with van der Waals surface area (Å²) in [5.74, 6) is 0.0276. The molecule has 0 aliphatic carbocycles. The molecule has 1 aliphatic rings. The van der Waals surface area contributed by atoms with E-state index in [0.717, 1.165) is 54.1 Å². The van der Waals surface area contributed by atoms with Crippen molar-refractivity contribution in [2.75, 3.05) is 22.7 Å². The predicted octanol–water partition coefficient (Wildman–Crippen LogP) is 4.12. The number of carbonyl (C=O) groups excluding carboxylic acids is 1. The van der Waals surface area contributed by atoms with Crippen LogP contribution in [0.4, 0.5) is 10.8 Å². The lowest BCUT2D eigenvalue weighted by atomic mass is 10.0. The Bertz CT molecular complexity index is 1450. The number of hydrogen-bond donors (Lipinski definition) is 2. The molecule has 5 rings (SSSR count). The number of benzene rings is 2. The van der Waals surface area contributed by atoms with Crippen LogP contribution in [0, 0.1) is 0 Å². The number of hydrogen-bond acceptors (Lipinski definition) is 7. The van der Waals surface area contributed by atoms with Crippen molar-refractivity contribution in [2.45, 2.75) is 36.7 Å². The van der Waals surface area contributed by atoms with Crippen molar-refractivity contribution in [2.24, 2.45) is 0 Å². The highest BCUT2D eigenvalue weighted by Crippen LogP contribution is 2.25. The second kappa shape index (κ2) is 10.5. The topological polar surface area (TPSA) is 109 Å². The maximum Gasteiger partial charge on any atom is 0.263 e. The molecule has 2 N–H and O–H groups in total. The molecular formula is C24H25ClN6O3S2. The van der Waals surface area contributed by atoms with Crippen molar-refractivity contribution >= 4 is 60.8 Å². The molecule has 4 aromatic rings. The van der Waals surface area contributed by atoms with Gasteiger partial charge in [0.15, 0.2) is 0 Å². The molecule has 188 valence electrons. The van der Waals surface area contributed by atoms with Gasteiger partial charge in [-0.05, 0) is 49.2 Å². The SMILES string of the molecule is O=C(CCn1ccc2cccc(Cl)c21)NC1CCN(c2ccc(S(=O)(=O)Nc3ncns3)cc2)CC1. The molecule has 1 amide bonds. The number of aromatic nitrogens is 3. The molecule has 0 radical (unpaired) electrons. The van der Waals surface area contributed by atoms with Crippen LogP contribution >= 0.6 is 23.1 Å². The summed E-state index contributed by atoms with van der Waals surface area (Å²) in [7, 11) is -3.71. The maximum atomic E-state index is 12.6. The van der Waals surface area contributed by atoms with Crippen LogP contribution in [0.5, 0.6) is 0 Å². The van der Waals surface area contributed by atoms with Gasteiger partial charge in [-0.1, -0.05) is 23.7 Å². The van der Waals surface area contributed by atoms with Crippen molar-refractivity contribution in [1.82, 2.24) is 19.2 Å². The number of piperidine rings is 1. The Morgan fingerprint density at radius 2 is 1.89 bits per heavy atom. The van der Waals surface area contributed by atoms with E-state index in [-0.39, 0.29) is 22.0 Å². The minimum atomic E-state index is -3.71. The molecule has 1 saturated heterocycles. The zero-order valence-corrected chi connectivity index (χ0v) is 21.7. The first-order chi connectivity index (χ1) is 17.4. The molecule has 3 heterocycles. The number of anilines is 2. The maximum absolute atomic E-state index is 12.6. The molecule has 0 saturated carbocycles. The lowest BCUT2D eigenvalue weighted by Gasteiger charge is -2.34. The molecule has 1 fully saturated rings. The third kappa shape index (κ3) is 5.48. The average Bonchev–Trinajstić information content (AvgIpc) is 3.53. The summed E-state index contributed by atoms with van der Waals surface area (Å²) in [5.41, 5.74) is 1.90. The second-order valence-corrected chi connectivity index (χ2v) is 11.5. The molecule has 2 aromatic carbocycles. The van der Waals surface area contributed by atoms with Crippen LogP contribution in [0.25, 0.3) is 10.9 Å². The number of carbonyl (C=O) groups is 1. The Kier molecular flexibility index (Phi) is 7.13. The molecule has 0 spiro atoms. The summed E-state index contributed by atoms with van der Waals surface area (Å²) in [6.07, 6.45) is 5.30. The summed E-state index contributed by atoms with van der Waals surface area (Å²) >= 11 is 7.32. The third-order valence-corrected chi connectivity index (χ3v) is 8.64. The summed E-state index contributed by atoms with van der Waals surface area (Å²) < 4.78 is 33.3. The van der Waals surface area contributed by atoms with Crippen LogP contribution in [0.2, 0.25) is 5.02 Å². The van der Waals surface area contributed by atoms with Gasteiger partial charge in [-0.3, -0.25) is 9.52 Å². The molecule has 0 unspecified atom stereocenters. The van der Waals surface area contributed by atoms with Gasteiger partial charge in [0.05, 0.1) is 15.4 Å². The van der Waals surface area contributed by atoms with E-state index in [4.69, 9.17) is 11.6 Å². The number of aryl methyl sites for hydroxylation is 1. The first-order valence-electron chi connectivity index (χ1n) is 11.6. The van der Waals surface area contributed by atoms with Gasteiger partial charge in [0.2, 0.25) is 11.0 Å². The van der Waals surface area contributed by atoms with Gasteiger partial charge < -0.3 is 14.8 Å². The predicted molar refractivity (Wildman–Crippen MR) is 142 cm³/mol. The van der Waals surface area contributed by atoms with Crippen molar-refractivity contribution in [3.63, 3.8) is 0 Å². The molecule has 9 nitrogen and oxygen atoms in total. The van der Waals surface area contributed by atoms with E-state index in [2.05, 4.69) is 24.3 Å². The Hall–Kier alpha value is -3.15. The zero-order valence-electron chi connectivity index (χ0n) is 19.3. The van der Waals surface area contributed by atoms with Crippen LogP contribution in [0.15, 0.2) is 66.0 Å². The molecule has 1 aliphatic heterocycles. The van der Waals surface area contributed by atoms with Crippen LogP contribution in [-0.2, 0) is 21.4 Å². The molecule has 12 heteroatoms. The second-order valence-electron chi connectivity index (χ2n) is 8.61. The van der Waals surface area contributed by atoms with E-state index in [1.165, 1.54) is 6.33 Å². The first-order valence-corrected chi connectivity index (χ1v) is 14.2. The lowest BCUT2D eigenvalue weighted by Crippen LogP contribution is -2.44. The van der Waals surface area contributed by atoms with Gasteiger partial charge in [0.1, 0.15) is 6.33 Å². The number of amides is 1. The van der Waals surface area contributed by atoms with Gasteiger partial charge in [-0.15, -0.1) is 0 Å². The number of fused-ring (bicyclic) bond motifs is 1. The fraction of sp³-hybridized carbons (Fsp3) is 0.292. The highest BCUT2D eigenvalue weighted by Gasteiger charge is 2.22. The van der Waals surface area contributed by atoms with Crippen molar-refractivity contribution < 1.29 is 13.2 Å². The molecule has 0 bridgehead atoms. The number of nitrogens with one attached hydrogen (secondary N) is 2. The van der Waals surface area contributed by atoms with Crippen molar-refractivity contribution in [3.05, 3.63) is 66.1 Å². The summed E-state index contributed by atoms with van der Waals surface area (Å²) in [6.45, 7) is 2.12. The van der Waals surface area contributed by atoms with Gasteiger partial charge in [-0.2, -0.15) is 4.37 Å². The quantitative estimate of drug-likeness (QED) is 0.345. The first kappa shape index (κ1) is 24.5. The summed E-state index contributed by atoms with van der Waals surface area (Å²) in [6, 6.07) is 14.7. The van der Waals surface area contributed by atoms with Gasteiger partial charge >= 0.3 is 0 Å². The Morgan fingerprint density at radius 3 is 2.61 bits per heavy atom. The van der Waals surface area contributed by atoms with E-state index >= 15 is 0 Å². The number of sulfonamides is 1. The fourth-order valence-electron chi connectivity index (χ4n) is 4.43. The number of nitrogens with zero attached hydrogens (tertiary/aromatic N) is 4. The molecule has 36 heavy (non-hydrogen) atoms. The van der Waals surface area contributed by atoms with Crippen LogP contribution in [-0.4, -0.2) is 47.4 Å². The van der Waals surface area contributed by atoms with E-state index in [1.54, 1.807) is 24.3 Å². The largest absolute Gasteiger partial charge is 0.371 e. The average molecular weight is 545 g/mol. The summed E-state index contributed by atoms with van der Waals surface area (Å²) in [4.78, 5) is 18.8. The van der Waals surface area contributed by atoms with Gasteiger partial charge in [0, 0.05) is 60.9 Å². The smallest absolute Gasteiger partial charge is 0.263 e. The third-order valence-electron chi connectivity index (χ3n) is 6.27. The highest BCUT2D eigenvalue weighted by atomic mass is 35.5. The Labute approximate surface area is 218 Å². The molecule has 0 atom stereocenters. The van der Waals surface area contributed by atoms with Gasteiger partial charge in [0.25, 0.3) is 10.0 Å². The van der Waals surface area contributed by atoms with E-state index < -0.39 is 10.0 Å². The van der Waals surface area contributed by atoms with Crippen molar-refractivity contribution in [1.29, 1.82) is 0 Å². The van der Waals surface area contributed by atoms with Gasteiger partial charge in [-0.25, -0.2) is 13.4 Å². The van der Waals surface area contributed by atoms with Crippen LogP contribution < -0.4 is 14.9 Å². The minimum absolute atomic E-state index is 0.0276. The lowest BCUT2D eigenvalue weighted by molar-refractivity contribution is -0.122. The highest BCUT2D eigenvalue weighted by molar-refractivity contribution is 7.93. The van der Waals surface area contributed by atoms with Crippen LogP contribution in [0.3, 0.4) is 0 Å². The minimum Gasteiger partial charge on any atom is -0.371 e. The number of halogens is 1. The van der Waals surface area contributed by atoms with E-state index in [1.807, 2.05) is 35.0 Å². The standard InChI is InChI=1S/C24H25ClN6O3S2/c25-21-3-1-2-17-8-12-31(23(17)21)15-11-22(32)28-18-9-13-30(14-10-18)19-4-6-20(7-5-19)36(33,34)29-24-26-16-27-35-24/h1-8,12,16,18H,9-11,13-15H2,(H,28,32)(H,26,27,29). The van der Waals surface area contributed by atoms with Crippen molar-refractivity contribution in [3.8, 4) is 0 Å². The zero-order chi connectivity index (χ0) is 25.1. The van der Waals surface area contributed by atoms with E-state index in [9.17, 15) is 13.2 Å². The number of rotatable bonds is 8. The summed E-state index contributed by atoms with van der Waals surface area (Å²) in [5, 5.41) is 5.13. The molecular weight excluding hydrogens is 520 g/mol. The Morgan fingerprint density at radius 1 is 1.11 bits per heavy atom. The molecule has 2 aromatic heterocycles. The normalized spacial score (nSPS) is 14.8. The fourth-order valence-corrected chi connectivity index (χ4v) is 6.38. The monoisotopic (exact) mass is 544 g/mol. The van der Waals surface area contributed by atoms with Crippen LogP contribution in [0.1, 0.15) is 19.3 Å².